The van der Waals surface area contributed by atoms with Gasteiger partial charge in [-0.15, -0.1) is 22.7 Å². The Kier molecular flexibility index (Phi) is 9.43. The Hall–Kier alpha value is -5.68. The third kappa shape index (κ3) is 6.76. The molecule has 3 aliphatic rings. The van der Waals surface area contributed by atoms with E-state index < -0.39 is 0 Å². The van der Waals surface area contributed by atoms with E-state index in [4.69, 9.17) is 15.7 Å². The Morgan fingerprint density at radius 2 is 1.31 bits per heavy atom. The van der Waals surface area contributed by atoms with E-state index in [0.29, 0.717) is 46.5 Å². The number of rotatable bonds is 8. The lowest BCUT2D eigenvalue weighted by Gasteiger charge is -2.47. The van der Waals surface area contributed by atoms with Gasteiger partial charge < -0.3 is 45.7 Å². The first-order valence-corrected chi connectivity index (χ1v) is 23.1. The number of nitrogens with one attached hydrogen (secondary N) is 5. The number of hydrogen-bond acceptors (Lipinski definition) is 12. The summed E-state index contributed by atoms with van der Waals surface area (Å²) >= 11 is 3.16. The maximum Gasteiger partial charge on any atom is 0.261 e. The number of H-pyrrole nitrogens is 4. The summed E-state index contributed by atoms with van der Waals surface area (Å²) in [5, 5.41) is 7.96. The van der Waals surface area contributed by atoms with E-state index in [2.05, 4.69) is 101 Å². The molecule has 2 aromatic carbocycles. The van der Waals surface area contributed by atoms with Gasteiger partial charge in [0.05, 0.1) is 53.9 Å². The number of thiophene rings is 2. The topological polar surface area (TPSA) is 174 Å². The molecule has 1 saturated carbocycles. The average molecular weight is 855 g/mol. The lowest BCUT2D eigenvalue weighted by molar-refractivity contribution is 0.108. The molecule has 8 aromatic rings. The second kappa shape index (κ2) is 15.0. The maximum absolute atomic E-state index is 14.0. The lowest BCUT2D eigenvalue weighted by Crippen LogP contribution is -2.58. The van der Waals surface area contributed by atoms with Crippen molar-refractivity contribution in [1.82, 2.24) is 39.7 Å². The van der Waals surface area contributed by atoms with Crippen LogP contribution < -0.4 is 32.0 Å². The standard InChI is InChI=1S/C45H50N12O2S2/c1-24-21-56(28-8-10-30-35(20-28)50-42(48-30)36-38(46)40-32(11-17-60-40)52-44(36)58)22-25(2)57(24)23-26-5-4-6-29(26)47-39-37(45(59)53-33-12-18-61-41(33)39)43-49-31-9-7-27(19-34(31)51-43)55-15-13-54(3)14-16-55/h7-12,17-20,24-26,29H,4-6,13-16,21-23H2,1-3H3,(H,48,50)(H,49,51)(H3,46,52,58)(H2,47,53,59)/t24-,25+,26?,29?. The minimum absolute atomic E-state index is 0.137. The summed E-state index contributed by atoms with van der Waals surface area (Å²) in [5.74, 6) is 1.50. The van der Waals surface area contributed by atoms with E-state index in [-0.39, 0.29) is 17.2 Å². The van der Waals surface area contributed by atoms with Gasteiger partial charge in [0.15, 0.2) is 0 Å². The highest BCUT2D eigenvalue weighted by atomic mass is 32.1. The Bertz CT molecular complexity index is 3050. The van der Waals surface area contributed by atoms with Crippen LogP contribution in [-0.2, 0) is 0 Å². The fraction of sp³-hybridized carbons (Fsp3) is 0.378. The highest BCUT2D eigenvalue weighted by Crippen LogP contribution is 2.39. The fourth-order valence-electron chi connectivity index (χ4n) is 10.2. The van der Waals surface area contributed by atoms with Crippen molar-refractivity contribution in [2.24, 2.45) is 5.92 Å². The SMILES string of the molecule is C[C@@H]1CN(c2ccc3nc(-c4c(N)c5sccc5[nH]c4=O)[nH]c3c2)C[C@H](C)N1CC1CCCC1Nc1c(-c2nc3ccc(N4CCN(C)CC4)cc3[nH]2)c(=O)[nH]c2ccsc12. The van der Waals surface area contributed by atoms with Crippen molar-refractivity contribution in [2.75, 3.05) is 73.7 Å². The molecule has 0 radical (unpaired) electrons. The molecular formula is C45H50N12O2S2. The van der Waals surface area contributed by atoms with E-state index in [9.17, 15) is 9.59 Å². The minimum Gasteiger partial charge on any atom is -0.397 e. The van der Waals surface area contributed by atoms with E-state index >= 15 is 0 Å². The van der Waals surface area contributed by atoms with Gasteiger partial charge in [-0.3, -0.25) is 14.5 Å². The molecule has 7 N–H and O–H groups in total. The van der Waals surface area contributed by atoms with E-state index in [1.54, 1.807) is 11.3 Å². The molecule has 61 heavy (non-hydrogen) atoms. The van der Waals surface area contributed by atoms with Crippen molar-refractivity contribution in [2.45, 2.75) is 51.2 Å². The molecule has 6 aromatic heterocycles. The molecule has 2 saturated heterocycles. The predicted octanol–water partition coefficient (Wildman–Crippen LogP) is 7.09. The molecule has 11 rings (SSSR count). The summed E-state index contributed by atoms with van der Waals surface area (Å²) in [5.41, 5.74) is 15.8. The molecule has 2 unspecified atom stereocenters. The number of hydrogen-bond donors (Lipinski definition) is 6. The van der Waals surface area contributed by atoms with Crippen LogP contribution in [0.5, 0.6) is 0 Å². The van der Waals surface area contributed by atoms with Crippen LogP contribution in [0, 0.1) is 5.92 Å². The second-order valence-electron chi connectivity index (χ2n) is 17.4. The molecule has 16 heteroatoms. The van der Waals surface area contributed by atoms with Crippen LogP contribution in [0.3, 0.4) is 0 Å². The number of aromatic amines is 4. The van der Waals surface area contributed by atoms with Crippen LogP contribution in [0.15, 0.2) is 68.9 Å². The smallest absolute Gasteiger partial charge is 0.261 e. The van der Waals surface area contributed by atoms with Crippen molar-refractivity contribution in [3.05, 3.63) is 80.0 Å². The van der Waals surface area contributed by atoms with Crippen molar-refractivity contribution in [3.63, 3.8) is 0 Å². The van der Waals surface area contributed by atoms with Gasteiger partial charge in [0, 0.05) is 75.3 Å². The first kappa shape index (κ1) is 38.3. The van der Waals surface area contributed by atoms with Crippen molar-refractivity contribution in [1.29, 1.82) is 0 Å². The van der Waals surface area contributed by atoms with Crippen LogP contribution in [0.25, 0.3) is 65.3 Å². The maximum atomic E-state index is 14.0. The summed E-state index contributed by atoms with van der Waals surface area (Å²) in [6.45, 7) is 11.5. The number of benzene rings is 2. The molecule has 0 bridgehead atoms. The van der Waals surface area contributed by atoms with Crippen LogP contribution >= 0.6 is 22.7 Å². The second-order valence-corrected chi connectivity index (χ2v) is 19.2. The number of nitrogen functional groups attached to an aromatic ring is 1. The molecule has 3 fully saturated rings. The normalized spacial score (nSPS) is 21.8. The molecular weight excluding hydrogens is 805 g/mol. The largest absolute Gasteiger partial charge is 0.397 e. The first-order valence-electron chi connectivity index (χ1n) is 21.4. The molecule has 314 valence electrons. The van der Waals surface area contributed by atoms with Crippen LogP contribution in [0.1, 0.15) is 33.1 Å². The van der Waals surface area contributed by atoms with Gasteiger partial charge in [-0.1, -0.05) is 6.42 Å². The van der Waals surface area contributed by atoms with Crippen LogP contribution in [-0.4, -0.2) is 111 Å². The average Bonchev–Trinajstić information content (AvgIpc) is 4.10. The van der Waals surface area contributed by atoms with E-state index in [1.807, 2.05) is 23.6 Å². The molecule has 14 nitrogen and oxygen atoms in total. The Balaban J connectivity index is 0.820. The van der Waals surface area contributed by atoms with Gasteiger partial charge in [-0.05, 0) is 98.9 Å². The molecule has 1 aliphatic carbocycles. The van der Waals surface area contributed by atoms with Crippen molar-refractivity contribution in [3.8, 4) is 22.8 Å². The zero-order valence-electron chi connectivity index (χ0n) is 34.5. The monoisotopic (exact) mass is 854 g/mol. The van der Waals surface area contributed by atoms with Gasteiger partial charge in [-0.2, -0.15) is 0 Å². The number of fused-ring (bicyclic) bond motifs is 4. The minimum atomic E-state index is -0.250. The predicted molar refractivity (Wildman–Crippen MR) is 252 cm³/mol. The molecule has 4 atom stereocenters. The van der Waals surface area contributed by atoms with E-state index in [0.717, 1.165) is 119 Å². The number of imidazole rings is 2. The number of pyridine rings is 2. The number of piperazine rings is 2. The van der Waals surface area contributed by atoms with Gasteiger partial charge >= 0.3 is 0 Å². The van der Waals surface area contributed by atoms with Crippen molar-refractivity contribution < 1.29 is 0 Å². The zero-order chi connectivity index (χ0) is 41.5. The molecule has 0 spiro atoms. The van der Waals surface area contributed by atoms with Gasteiger partial charge in [0.25, 0.3) is 11.1 Å². The van der Waals surface area contributed by atoms with Crippen LogP contribution in [0.2, 0.25) is 0 Å². The number of likely N-dealkylation sites (N-methyl/N-ethyl adjacent to an activating group) is 1. The summed E-state index contributed by atoms with van der Waals surface area (Å²) in [6.07, 6.45) is 3.32. The number of aromatic nitrogens is 6. The Morgan fingerprint density at radius 3 is 1.98 bits per heavy atom. The lowest BCUT2D eigenvalue weighted by atomic mass is 9.98. The number of nitrogens with two attached hydrogens (primary N) is 1. The van der Waals surface area contributed by atoms with Gasteiger partial charge in [0.2, 0.25) is 0 Å². The quantitative estimate of drug-likeness (QED) is 0.0927. The van der Waals surface area contributed by atoms with Gasteiger partial charge in [0.1, 0.15) is 22.8 Å². The summed E-state index contributed by atoms with van der Waals surface area (Å²) < 4.78 is 1.91. The summed E-state index contributed by atoms with van der Waals surface area (Å²) in [7, 11) is 2.17. The highest BCUT2D eigenvalue weighted by molar-refractivity contribution is 7.18. The Labute approximate surface area is 359 Å². The fourth-order valence-corrected chi connectivity index (χ4v) is 11.8. The molecule has 2 aliphatic heterocycles. The van der Waals surface area contributed by atoms with Gasteiger partial charge in [-0.25, -0.2) is 9.97 Å². The third-order valence-corrected chi connectivity index (χ3v) is 15.3. The number of nitrogens with zero attached hydrogens (tertiary/aromatic N) is 6. The highest BCUT2D eigenvalue weighted by Gasteiger charge is 2.36. The Morgan fingerprint density at radius 1 is 0.721 bits per heavy atom. The third-order valence-electron chi connectivity index (χ3n) is 13.4. The summed E-state index contributed by atoms with van der Waals surface area (Å²) in [4.78, 5) is 59.8. The first-order chi connectivity index (χ1) is 29.6. The van der Waals surface area contributed by atoms with Crippen LogP contribution in [0.4, 0.5) is 22.7 Å². The molecule has 0 amide bonds. The van der Waals surface area contributed by atoms with E-state index in [1.165, 1.54) is 17.0 Å². The number of anilines is 4. The molecule has 8 heterocycles. The summed E-state index contributed by atoms with van der Waals surface area (Å²) in [6, 6.07) is 17.4. The zero-order valence-corrected chi connectivity index (χ0v) is 36.2. The van der Waals surface area contributed by atoms with Crippen molar-refractivity contribution >= 4 is 87.9 Å².